The largest absolute Gasteiger partial charge is 0.0629 e. The molecule has 2 aromatic rings. The summed E-state index contributed by atoms with van der Waals surface area (Å²) in [7, 11) is 0. The Morgan fingerprint density at radius 3 is 1.86 bits per heavy atom. The minimum absolute atomic E-state index is 0.289. The van der Waals surface area contributed by atoms with Crippen molar-refractivity contribution in [2.75, 3.05) is 0 Å². The highest BCUT2D eigenvalue weighted by atomic mass is 13.9. The maximum Gasteiger partial charge on any atom is 0.0629 e. The van der Waals surface area contributed by atoms with E-state index in [4.69, 9.17) is 15.1 Å². The van der Waals surface area contributed by atoms with E-state index in [0.717, 1.165) is 6.08 Å². The predicted molar refractivity (Wildman–Crippen MR) is 61.8 cm³/mol. The molecule has 0 saturated carbocycles. The molecule has 68 valence electrons. The summed E-state index contributed by atoms with van der Waals surface area (Å²) in [6.45, 7) is 0. The molecule has 0 heteroatoms. The Kier molecular flexibility index (Phi) is 0.823. The van der Waals surface area contributed by atoms with Crippen LogP contribution in [0.5, 0.6) is 0 Å². The lowest BCUT2D eigenvalue weighted by Gasteiger charge is -1.92. The molecule has 0 aliphatic heterocycles. The van der Waals surface area contributed by atoms with Crippen LogP contribution in [0.3, 0.4) is 0 Å². The van der Waals surface area contributed by atoms with Gasteiger partial charge in [-0.25, -0.2) is 0 Å². The fourth-order valence-electron chi connectivity index (χ4n) is 0.798. The topological polar surface area (TPSA) is 0 Å². The SMILES string of the molecule is [2H]/C(=C/c1c([2H])c([2H])c([2H])c([2H])c1[2H])c1c([2H])c([2H])c([2H])c([2H])c1[2H]. The molecule has 0 aliphatic rings. The smallest absolute Gasteiger partial charge is 0.0622 e. The monoisotopic (exact) mass is 191 g/mol. The first-order valence-electron chi connectivity index (χ1n) is 9.33. The van der Waals surface area contributed by atoms with Crippen LogP contribution in [0.2, 0.25) is 0 Å². The van der Waals surface area contributed by atoms with Gasteiger partial charge in [-0.2, -0.15) is 0 Å². The van der Waals surface area contributed by atoms with Gasteiger partial charge in [0, 0.05) is 0 Å². The molecule has 0 radical (unpaired) electrons. The maximum atomic E-state index is 8.04. The van der Waals surface area contributed by atoms with Gasteiger partial charge in [0.15, 0.2) is 0 Å². The number of rotatable bonds is 2. The third-order valence-corrected chi connectivity index (χ3v) is 1.38. The van der Waals surface area contributed by atoms with Crippen LogP contribution in [0.25, 0.3) is 12.1 Å². The fourth-order valence-corrected chi connectivity index (χ4v) is 0.798. The molecule has 0 bridgehead atoms. The maximum absolute atomic E-state index is 8.04. The molecular weight excluding hydrogens is 168 g/mol. The van der Waals surface area contributed by atoms with Gasteiger partial charge in [-0.05, 0) is 11.1 Å². The highest BCUT2D eigenvalue weighted by Gasteiger charge is 1.84. The molecule has 0 unspecified atom stereocenters. The first kappa shape index (κ1) is 2.60. The normalized spacial score (nSPS) is 22.3. The van der Waals surface area contributed by atoms with Gasteiger partial charge in [-0.15, -0.1) is 0 Å². The minimum Gasteiger partial charge on any atom is -0.0622 e. The lowest BCUT2D eigenvalue weighted by Crippen LogP contribution is -1.70. The predicted octanol–water partition coefficient (Wildman–Crippen LogP) is 3.86. The van der Waals surface area contributed by atoms with E-state index >= 15 is 0 Å². The zero-order valence-corrected chi connectivity index (χ0v) is 7.08. The van der Waals surface area contributed by atoms with Gasteiger partial charge >= 0.3 is 0 Å². The van der Waals surface area contributed by atoms with Gasteiger partial charge in [-0.3, -0.25) is 0 Å². The summed E-state index contributed by atoms with van der Waals surface area (Å²) in [5, 5.41) is 0. The highest BCUT2D eigenvalue weighted by molar-refractivity contribution is 5.69. The molecule has 0 amide bonds. The van der Waals surface area contributed by atoms with Crippen LogP contribution in [0.15, 0.2) is 60.4 Å². The molecule has 2 aromatic carbocycles. The van der Waals surface area contributed by atoms with Crippen molar-refractivity contribution >= 4 is 12.1 Å². The van der Waals surface area contributed by atoms with Crippen LogP contribution in [0.4, 0.5) is 0 Å². The van der Waals surface area contributed by atoms with Crippen molar-refractivity contribution in [3.8, 4) is 0 Å². The van der Waals surface area contributed by atoms with Crippen LogP contribution >= 0.6 is 0 Å². The zero-order valence-electron chi connectivity index (χ0n) is 18.1. The van der Waals surface area contributed by atoms with E-state index in [0.29, 0.717) is 0 Å². The molecule has 0 heterocycles. The van der Waals surface area contributed by atoms with E-state index in [2.05, 4.69) is 0 Å². The molecule has 0 saturated heterocycles. The molecule has 0 nitrogen and oxygen atoms in total. The Bertz CT molecular complexity index is 856. The zero-order chi connectivity index (χ0) is 19.2. The van der Waals surface area contributed by atoms with Crippen molar-refractivity contribution in [3.63, 3.8) is 0 Å². The van der Waals surface area contributed by atoms with Crippen molar-refractivity contribution in [3.05, 3.63) is 71.6 Å². The van der Waals surface area contributed by atoms with Gasteiger partial charge in [0.25, 0.3) is 0 Å². The van der Waals surface area contributed by atoms with E-state index < -0.39 is 72.0 Å². The summed E-state index contributed by atoms with van der Waals surface area (Å²) in [4.78, 5) is 0. The Hall–Kier alpha value is -1.82. The summed E-state index contributed by atoms with van der Waals surface area (Å²) in [6, 6.07) is -6.40. The van der Waals surface area contributed by atoms with Crippen LogP contribution in [-0.4, -0.2) is 0 Å². The van der Waals surface area contributed by atoms with E-state index in [-0.39, 0.29) is 5.56 Å². The summed E-state index contributed by atoms with van der Waals surface area (Å²) >= 11 is 0. The number of hydrogen-bond acceptors (Lipinski definition) is 0. The van der Waals surface area contributed by atoms with Crippen LogP contribution < -0.4 is 0 Å². The number of benzene rings is 2. The molecule has 0 aliphatic carbocycles. The second-order valence-corrected chi connectivity index (χ2v) is 2.33. The molecule has 0 N–H and O–H groups in total. The lowest BCUT2D eigenvalue weighted by atomic mass is 10.1. The van der Waals surface area contributed by atoms with E-state index in [1.807, 2.05) is 0 Å². The van der Waals surface area contributed by atoms with Crippen molar-refractivity contribution < 1.29 is 15.1 Å². The summed E-state index contributed by atoms with van der Waals surface area (Å²) in [5.74, 6) is 0. The summed E-state index contributed by atoms with van der Waals surface area (Å²) in [5.41, 5.74) is -0.694. The molecule has 0 aromatic heterocycles. The van der Waals surface area contributed by atoms with Gasteiger partial charge in [0.2, 0.25) is 0 Å². The second-order valence-electron chi connectivity index (χ2n) is 2.33. The lowest BCUT2D eigenvalue weighted by molar-refractivity contribution is 1.65. The van der Waals surface area contributed by atoms with Crippen molar-refractivity contribution in [2.24, 2.45) is 0 Å². The van der Waals surface area contributed by atoms with Gasteiger partial charge in [-0.1, -0.05) is 72.6 Å². The molecule has 14 heavy (non-hydrogen) atoms. The molecule has 0 spiro atoms. The third kappa shape index (κ3) is 2.33. The van der Waals surface area contributed by atoms with Crippen LogP contribution in [0, 0.1) is 0 Å². The highest BCUT2D eigenvalue weighted by Crippen LogP contribution is 2.06. The quantitative estimate of drug-likeness (QED) is 0.632. The Morgan fingerprint density at radius 2 is 1.29 bits per heavy atom. The Morgan fingerprint density at radius 1 is 0.786 bits per heavy atom. The van der Waals surface area contributed by atoms with Crippen LogP contribution in [-0.2, 0) is 0 Å². The first-order valence-corrected chi connectivity index (χ1v) is 3.83. The van der Waals surface area contributed by atoms with E-state index in [9.17, 15) is 0 Å². The standard InChI is InChI=1S/C14H12/c1-3-7-13(8-4-1)11-12-14-9-5-2-6-10-14/h1-12H/b12-11-/i1D,2D,3D,4D,5D,6D,7D,8D,9D,10D,11D. The van der Waals surface area contributed by atoms with Crippen molar-refractivity contribution in [1.82, 2.24) is 0 Å². The average Bonchev–Trinajstić information content (AvgIpc) is 2.58. The molecule has 0 fully saturated rings. The second kappa shape index (κ2) is 4.43. The Labute approximate surface area is 100.0 Å². The van der Waals surface area contributed by atoms with Gasteiger partial charge in [0.05, 0.1) is 15.1 Å². The third-order valence-electron chi connectivity index (χ3n) is 1.38. The Balaban J connectivity index is 2.79. The summed E-state index contributed by atoms with van der Waals surface area (Å²) < 4.78 is 84.8. The van der Waals surface area contributed by atoms with Gasteiger partial charge < -0.3 is 0 Å². The van der Waals surface area contributed by atoms with Crippen LogP contribution in [0.1, 0.15) is 26.2 Å². The molecule has 2 rings (SSSR count). The first-order chi connectivity index (χ1) is 11.5. The summed E-state index contributed by atoms with van der Waals surface area (Å²) in [6.07, 6.45) is 0.911. The van der Waals surface area contributed by atoms with Gasteiger partial charge in [0.1, 0.15) is 0 Å². The van der Waals surface area contributed by atoms with Crippen molar-refractivity contribution in [2.45, 2.75) is 0 Å². The van der Waals surface area contributed by atoms with E-state index in [1.54, 1.807) is 0 Å². The molecule has 0 atom stereocenters. The van der Waals surface area contributed by atoms with Crippen molar-refractivity contribution in [1.29, 1.82) is 0 Å². The number of hydrogen-bond donors (Lipinski definition) is 0. The molecular formula is C14H12. The van der Waals surface area contributed by atoms with E-state index in [1.165, 1.54) is 0 Å². The average molecular weight is 191 g/mol. The fraction of sp³-hybridized carbons (Fsp3) is 0. The minimum atomic E-state index is -0.616.